The first-order valence-electron chi connectivity index (χ1n) is 24.4. The summed E-state index contributed by atoms with van der Waals surface area (Å²) in [5, 5.41) is 8.65. The van der Waals surface area contributed by atoms with Crippen LogP contribution < -0.4 is 0 Å². The van der Waals surface area contributed by atoms with Crippen molar-refractivity contribution in [1.82, 2.24) is 18.9 Å². The van der Waals surface area contributed by atoms with E-state index in [0.29, 0.717) is 29.1 Å². The summed E-state index contributed by atoms with van der Waals surface area (Å²) < 4.78 is 5.39. The summed E-state index contributed by atoms with van der Waals surface area (Å²) in [4.78, 5) is 11.3. The number of aromatic nitrogens is 4. The molecule has 5 fully saturated rings. The highest BCUT2D eigenvalue weighted by molar-refractivity contribution is 6.36. The first kappa shape index (κ1) is 33.5. The average Bonchev–Trinajstić information content (AvgIpc) is 4.05. The highest BCUT2D eigenvalue weighted by Crippen LogP contribution is 2.76. The summed E-state index contributed by atoms with van der Waals surface area (Å²) in [6.07, 6.45) is 18.3. The maximum Gasteiger partial charge on any atom is 0.0728 e. The summed E-state index contributed by atoms with van der Waals surface area (Å²) >= 11 is 0. The molecule has 7 unspecified atom stereocenters. The van der Waals surface area contributed by atoms with Crippen molar-refractivity contribution < 1.29 is 0 Å². The third-order valence-corrected chi connectivity index (χ3v) is 19.2. The molecule has 0 N–H and O–H groups in total. The molecule has 5 aromatic heterocycles. The van der Waals surface area contributed by atoms with Crippen molar-refractivity contribution in [3.8, 4) is 27.9 Å². The van der Waals surface area contributed by atoms with Crippen LogP contribution in [0, 0.1) is 29.1 Å². The van der Waals surface area contributed by atoms with Gasteiger partial charge in [0, 0.05) is 66.7 Å². The smallest absolute Gasteiger partial charge is 0.0728 e. The molecule has 4 heteroatoms. The van der Waals surface area contributed by atoms with Crippen LogP contribution >= 0.6 is 0 Å². The molecule has 0 radical (unpaired) electrons. The van der Waals surface area contributed by atoms with Gasteiger partial charge in [0.05, 0.1) is 45.7 Å². The van der Waals surface area contributed by atoms with Crippen LogP contribution in [0.1, 0.15) is 110 Å². The molecule has 0 saturated heterocycles. The Labute approximate surface area is 366 Å². The SMILES string of the molecule is c1ccc(-c2cccc(-c3ccccc3)c2-n2c3ccccc3c3c4c5c6c(ncc5n5c7cnc8c(c7c(cc32)c45)C2CC3CC(CC8C3)C2)C2CC3CC4CC6CC34C2)cc1. The molecule has 5 saturated carbocycles. The summed E-state index contributed by atoms with van der Waals surface area (Å²) in [5.41, 5.74) is 19.6. The van der Waals surface area contributed by atoms with Gasteiger partial charge in [-0.15, -0.1) is 0 Å². The number of pyridine rings is 2. The van der Waals surface area contributed by atoms with E-state index >= 15 is 0 Å². The zero-order valence-electron chi connectivity index (χ0n) is 35.5. The Balaban J connectivity index is 1.10. The second-order valence-electron chi connectivity index (χ2n) is 21.7. The number of hydrogen-bond acceptors (Lipinski definition) is 2. The van der Waals surface area contributed by atoms with Gasteiger partial charge in [-0.2, -0.15) is 0 Å². The first-order chi connectivity index (χ1) is 31.2. The molecular weight excluding hydrogens is 765 g/mol. The molecule has 18 rings (SSSR count). The second-order valence-corrected chi connectivity index (χ2v) is 21.7. The molecule has 4 nitrogen and oxygen atoms in total. The monoisotopic (exact) mass is 812 g/mol. The Morgan fingerprint density at radius 3 is 1.83 bits per heavy atom. The summed E-state index contributed by atoms with van der Waals surface area (Å²) in [6.45, 7) is 0. The molecule has 7 atom stereocenters. The van der Waals surface area contributed by atoms with Crippen LogP contribution in [0.3, 0.4) is 0 Å². The fraction of sp³-hybridized carbons (Fsp3) is 0.322. The van der Waals surface area contributed by atoms with Crippen LogP contribution in [-0.4, -0.2) is 18.9 Å². The van der Waals surface area contributed by atoms with E-state index in [9.17, 15) is 0 Å². The molecule has 8 aliphatic carbocycles. The molecular formula is C59H48N4. The lowest BCUT2D eigenvalue weighted by molar-refractivity contribution is 0.00321. The number of para-hydroxylation sites is 2. The van der Waals surface area contributed by atoms with Crippen molar-refractivity contribution in [3.63, 3.8) is 0 Å². The number of hydrogen-bond donors (Lipinski definition) is 0. The average molecular weight is 813 g/mol. The minimum absolute atomic E-state index is 0.565. The van der Waals surface area contributed by atoms with Crippen LogP contribution in [0.2, 0.25) is 0 Å². The van der Waals surface area contributed by atoms with E-state index in [0.717, 1.165) is 23.7 Å². The van der Waals surface area contributed by atoms with Crippen molar-refractivity contribution in [3.05, 3.63) is 144 Å². The zero-order valence-corrected chi connectivity index (χ0v) is 35.5. The Morgan fingerprint density at radius 2 is 1.08 bits per heavy atom. The zero-order chi connectivity index (χ0) is 40.4. The lowest BCUT2D eigenvalue weighted by Gasteiger charge is -2.48. The molecule has 63 heavy (non-hydrogen) atoms. The lowest BCUT2D eigenvalue weighted by atomic mass is 9.56. The van der Waals surface area contributed by atoms with Crippen molar-refractivity contribution in [2.45, 2.75) is 87.9 Å². The van der Waals surface area contributed by atoms with Crippen LogP contribution in [0.5, 0.6) is 0 Å². The fourth-order valence-corrected chi connectivity index (χ4v) is 17.2. The largest absolute Gasteiger partial charge is 0.308 e. The van der Waals surface area contributed by atoms with E-state index in [1.54, 1.807) is 11.1 Å². The number of rotatable bonds is 3. The summed E-state index contributed by atoms with van der Waals surface area (Å²) in [5.74, 6) is 5.84. The van der Waals surface area contributed by atoms with Crippen LogP contribution in [0.4, 0.5) is 0 Å². The third kappa shape index (κ3) is 3.96. The minimum Gasteiger partial charge on any atom is -0.308 e. The topological polar surface area (TPSA) is 35.1 Å². The molecule has 1 spiro atoms. The summed E-state index contributed by atoms with van der Waals surface area (Å²) in [6, 6.07) is 41.3. The standard InChI is InChI=1S/C59H48N4/c1-3-10-33(11-4-1)41-15-9-16-42(34-12-5-2-6-13-34)57(41)62-45-17-8-7-14-43(45)51-46(62)26-44-52-47(29-60-55-36-21-31-18-32(22-36)20-35(19-31)49(52)55)63-48-30-61-56-38-24-40-25-39-23-37(27-59(39,40)28-38)50(56)53(48)54(51)58(44)63/h1-17,26,29-32,35-40H,18-25,27-28H2. The predicted molar refractivity (Wildman–Crippen MR) is 255 cm³/mol. The van der Waals surface area contributed by atoms with E-state index in [1.807, 2.05) is 0 Å². The van der Waals surface area contributed by atoms with Crippen molar-refractivity contribution in [1.29, 1.82) is 0 Å². The van der Waals surface area contributed by atoms with Gasteiger partial charge < -0.3 is 8.97 Å². The first-order valence-corrected chi connectivity index (χ1v) is 24.4. The van der Waals surface area contributed by atoms with Gasteiger partial charge in [0.15, 0.2) is 0 Å². The van der Waals surface area contributed by atoms with E-state index < -0.39 is 0 Å². The van der Waals surface area contributed by atoms with Gasteiger partial charge in [-0.1, -0.05) is 97.1 Å². The van der Waals surface area contributed by atoms with Crippen LogP contribution in [-0.2, 0) is 0 Å². The molecule has 5 aromatic carbocycles. The molecule has 7 bridgehead atoms. The van der Waals surface area contributed by atoms with Crippen LogP contribution in [0.15, 0.2) is 122 Å². The quantitative estimate of drug-likeness (QED) is 0.178. The maximum atomic E-state index is 5.67. The molecule has 304 valence electrons. The van der Waals surface area contributed by atoms with Gasteiger partial charge >= 0.3 is 0 Å². The predicted octanol–water partition coefficient (Wildman–Crippen LogP) is 14.8. The maximum absolute atomic E-state index is 5.67. The van der Waals surface area contributed by atoms with Gasteiger partial charge in [0.1, 0.15) is 0 Å². The molecule has 0 aliphatic heterocycles. The van der Waals surface area contributed by atoms with Crippen molar-refractivity contribution in [2.24, 2.45) is 29.1 Å². The van der Waals surface area contributed by atoms with Gasteiger partial charge in [0.2, 0.25) is 0 Å². The van der Waals surface area contributed by atoms with E-state index in [2.05, 4.69) is 131 Å². The second kappa shape index (κ2) is 11.4. The van der Waals surface area contributed by atoms with Gasteiger partial charge in [-0.25, -0.2) is 0 Å². The highest BCUT2D eigenvalue weighted by Gasteiger charge is 2.66. The lowest BCUT2D eigenvalue weighted by Crippen LogP contribution is -2.41. The highest BCUT2D eigenvalue weighted by atomic mass is 15.0. The van der Waals surface area contributed by atoms with Gasteiger partial charge in [-0.05, 0) is 140 Å². The molecule has 8 aliphatic rings. The number of fused-ring (bicyclic) bond motifs is 16. The Morgan fingerprint density at radius 1 is 0.460 bits per heavy atom. The van der Waals surface area contributed by atoms with E-state index in [4.69, 9.17) is 9.97 Å². The third-order valence-electron chi connectivity index (χ3n) is 19.2. The molecule has 10 aromatic rings. The Bertz CT molecular complexity index is 3580. The molecule has 0 amide bonds. The Kier molecular flexibility index (Phi) is 6.06. The normalized spacial score (nSPS) is 29.7. The Hall–Kier alpha value is -6.00. The van der Waals surface area contributed by atoms with Crippen molar-refractivity contribution in [2.75, 3.05) is 0 Å². The fourth-order valence-electron chi connectivity index (χ4n) is 17.2. The van der Waals surface area contributed by atoms with Gasteiger partial charge in [-0.3, -0.25) is 9.97 Å². The van der Waals surface area contributed by atoms with Gasteiger partial charge in [0.25, 0.3) is 0 Å². The minimum atomic E-state index is 0.565. The summed E-state index contributed by atoms with van der Waals surface area (Å²) in [7, 11) is 0. The van der Waals surface area contributed by atoms with Crippen molar-refractivity contribution >= 4 is 59.9 Å². The number of benzene rings is 5. The number of nitrogens with zero attached hydrogens (tertiary/aromatic N) is 4. The molecule has 5 heterocycles. The van der Waals surface area contributed by atoms with Crippen LogP contribution in [0.25, 0.3) is 87.8 Å². The van der Waals surface area contributed by atoms with E-state index in [-0.39, 0.29) is 0 Å². The van der Waals surface area contributed by atoms with E-state index in [1.165, 1.54) is 163 Å².